The van der Waals surface area contributed by atoms with E-state index in [1.165, 1.54) is 6.20 Å². The maximum atomic E-state index is 11.2. The molecule has 2 aliphatic rings. The van der Waals surface area contributed by atoms with Crippen LogP contribution in [0.2, 0.25) is 0 Å². The van der Waals surface area contributed by atoms with E-state index in [0.29, 0.717) is 5.70 Å². The smallest absolute Gasteiger partial charge is 0.291 e. The molecule has 7 heteroatoms. The summed E-state index contributed by atoms with van der Waals surface area (Å²) in [6, 6.07) is 2.12. The van der Waals surface area contributed by atoms with Gasteiger partial charge >= 0.3 is 0 Å². The van der Waals surface area contributed by atoms with E-state index in [4.69, 9.17) is 9.81 Å². The summed E-state index contributed by atoms with van der Waals surface area (Å²) in [6.45, 7) is 0. The molecule has 0 aromatic heterocycles. The van der Waals surface area contributed by atoms with Crippen LogP contribution in [-0.2, 0) is 10.1 Å². The topological polar surface area (TPSA) is 102 Å². The van der Waals surface area contributed by atoms with Crippen LogP contribution in [0.5, 0.6) is 0 Å². The highest BCUT2D eigenvalue weighted by Gasteiger charge is 2.31. The average molecular weight is 269 g/mol. The molecule has 18 heavy (non-hydrogen) atoms. The Bertz CT molecular complexity index is 524. The highest BCUT2D eigenvalue weighted by molar-refractivity contribution is 7.86. The quantitative estimate of drug-likeness (QED) is 0.649. The standard InChI is InChI=1S/C11H15N3O3S/c12-7-9-10(14-8-3-1-2-4-8)5-6-13-11(9)18(15,16)17/h5-6,8,11,13-14H,1-4H2,(H,15,16,17). The second kappa shape index (κ2) is 5.00. The lowest BCUT2D eigenvalue weighted by Crippen LogP contribution is -2.40. The van der Waals surface area contributed by atoms with Gasteiger partial charge in [0.15, 0.2) is 5.37 Å². The molecular formula is C11H15N3O3S. The lowest BCUT2D eigenvalue weighted by Gasteiger charge is -2.23. The first kappa shape index (κ1) is 12.9. The third-order valence-electron chi connectivity index (χ3n) is 3.18. The molecule has 0 aromatic carbocycles. The van der Waals surface area contributed by atoms with Crippen LogP contribution in [0.15, 0.2) is 23.5 Å². The zero-order valence-electron chi connectivity index (χ0n) is 9.76. The highest BCUT2D eigenvalue weighted by atomic mass is 32.2. The summed E-state index contributed by atoms with van der Waals surface area (Å²) in [7, 11) is -4.34. The van der Waals surface area contributed by atoms with Gasteiger partial charge in [-0.15, -0.1) is 0 Å². The maximum Gasteiger partial charge on any atom is 0.291 e. The number of rotatable bonds is 3. The van der Waals surface area contributed by atoms with Gasteiger partial charge in [0.25, 0.3) is 10.1 Å². The highest BCUT2D eigenvalue weighted by Crippen LogP contribution is 2.22. The predicted molar refractivity (Wildman–Crippen MR) is 65.6 cm³/mol. The van der Waals surface area contributed by atoms with Gasteiger partial charge in [-0.25, -0.2) is 0 Å². The molecule has 1 aliphatic heterocycles. The lowest BCUT2D eigenvalue weighted by atomic mass is 10.1. The fourth-order valence-electron chi connectivity index (χ4n) is 2.30. The van der Waals surface area contributed by atoms with E-state index in [0.717, 1.165) is 25.7 Å². The third-order valence-corrected chi connectivity index (χ3v) is 4.15. The van der Waals surface area contributed by atoms with Crippen LogP contribution in [-0.4, -0.2) is 24.4 Å². The summed E-state index contributed by atoms with van der Waals surface area (Å²) in [4.78, 5) is 0. The van der Waals surface area contributed by atoms with Crippen LogP contribution >= 0.6 is 0 Å². The van der Waals surface area contributed by atoms with Gasteiger partial charge in [-0.1, -0.05) is 12.8 Å². The molecule has 0 saturated heterocycles. The summed E-state index contributed by atoms with van der Waals surface area (Å²) in [5.41, 5.74) is 0.484. The zero-order chi connectivity index (χ0) is 13.2. The Labute approximate surface area is 106 Å². The normalized spacial score (nSPS) is 24.8. The van der Waals surface area contributed by atoms with E-state index in [9.17, 15) is 8.42 Å². The molecule has 1 fully saturated rings. The Morgan fingerprint density at radius 3 is 2.67 bits per heavy atom. The fourth-order valence-corrected chi connectivity index (χ4v) is 3.03. The summed E-state index contributed by atoms with van der Waals surface area (Å²) in [5, 5.41) is 13.3. The zero-order valence-corrected chi connectivity index (χ0v) is 10.6. The molecule has 1 saturated carbocycles. The van der Waals surface area contributed by atoms with Gasteiger partial charge in [-0.3, -0.25) is 4.55 Å². The van der Waals surface area contributed by atoms with Gasteiger partial charge in [-0.05, 0) is 25.1 Å². The molecule has 0 amide bonds. The largest absolute Gasteiger partial charge is 0.381 e. The van der Waals surface area contributed by atoms with Crippen LogP contribution in [0.4, 0.5) is 0 Å². The number of hydrogen-bond acceptors (Lipinski definition) is 5. The van der Waals surface area contributed by atoms with Crippen LogP contribution in [0.25, 0.3) is 0 Å². The van der Waals surface area contributed by atoms with Gasteiger partial charge in [0.2, 0.25) is 0 Å². The second-order valence-corrected chi connectivity index (χ2v) is 5.96. The first-order chi connectivity index (χ1) is 8.52. The van der Waals surface area contributed by atoms with Crippen molar-refractivity contribution in [1.82, 2.24) is 10.6 Å². The van der Waals surface area contributed by atoms with E-state index < -0.39 is 15.5 Å². The lowest BCUT2D eigenvalue weighted by molar-refractivity contribution is 0.466. The van der Waals surface area contributed by atoms with E-state index in [-0.39, 0.29) is 11.6 Å². The number of dihydropyridines is 1. The Hall–Kier alpha value is -1.52. The second-order valence-electron chi connectivity index (χ2n) is 4.46. The predicted octanol–water partition coefficient (Wildman–Crippen LogP) is 0.627. The summed E-state index contributed by atoms with van der Waals surface area (Å²) >= 11 is 0. The number of nitrogens with zero attached hydrogens (tertiary/aromatic N) is 1. The molecule has 1 heterocycles. The van der Waals surface area contributed by atoms with Gasteiger partial charge in [0, 0.05) is 6.04 Å². The van der Waals surface area contributed by atoms with Crippen molar-refractivity contribution in [1.29, 1.82) is 5.26 Å². The van der Waals surface area contributed by atoms with Crippen molar-refractivity contribution >= 4 is 10.1 Å². The number of nitriles is 1. The van der Waals surface area contributed by atoms with Crippen LogP contribution < -0.4 is 10.6 Å². The average Bonchev–Trinajstić information content (AvgIpc) is 2.80. The molecule has 2 rings (SSSR count). The van der Waals surface area contributed by atoms with E-state index in [1.54, 1.807) is 6.08 Å². The van der Waals surface area contributed by atoms with Crippen LogP contribution in [0.1, 0.15) is 25.7 Å². The minimum Gasteiger partial charge on any atom is -0.381 e. The molecule has 1 unspecified atom stereocenters. The van der Waals surface area contributed by atoms with E-state index in [1.807, 2.05) is 6.07 Å². The van der Waals surface area contributed by atoms with E-state index in [2.05, 4.69) is 10.6 Å². The Morgan fingerprint density at radius 2 is 2.11 bits per heavy atom. The number of nitrogens with one attached hydrogen (secondary N) is 2. The third kappa shape index (κ3) is 2.66. The molecule has 98 valence electrons. The number of allylic oxidation sites excluding steroid dienone is 1. The minimum atomic E-state index is -4.34. The molecule has 0 aromatic rings. The van der Waals surface area contributed by atoms with Gasteiger partial charge < -0.3 is 10.6 Å². The first-order valence-corrected chi connectivity index (χ1v) is 7.32. The molecule has 0 spiro atoms. The van der Waals surface area contributed by atoms with Crippen molar-refractivity contribution in [2.24, 2.45) is 0 Å². The van der Waals surface area contributed by atoms with E-state index >= 15 is 0 Å². The summed E-state index contributed by atoms with van der Waals surface area (Å²) < 4.78 is 31.5. The number of hydrogen-bond donors (Lipinski definition) is 3. The van der Waals surface area contributed by atoms with Crippen molar-refractivity contribution in [2.75, 3.05) is 0 Å². The van der Waals surface area contributed by atoms with Gasteiger partial charge in [0.1, 0.15) is 6.07 Å². The molecular weight excluding hydrogens is 254 g/mol. The van der Waals surface area contributed by atoms with Crippen LogP contribution in [0.3, 0.4) is 0 Å². The molecule has 6 nitrogen and oxygen atoms in total. The van der Waals surface area contributed by atoms with Crippen molar-refractivity contribution in [2.45, 2.75) is 37.1 Å². The Balaban J connectivity index is 2.26. The first-order valence-electron chi connectivity index (χ1n) is 5.82. The summed E-state index contributed by atoms with van der Waals surface area (Å²) in [5.74, 6) is 0. The van der Waals surface area contributed by atoms with Crippen LogP contribution in [0, 0.1) is 11.3 Å². The minimum absolute atomic E-state index is 0.00639. The Morgan fingerprint density at radius 1 is 1.44 bits per heavy atom. The van der Waals surface area contributed by atoms with Crippen molar-refractivity contribution < 1.29 is 13.0 Å². The molecule has 0 bridgehead atoms. The van der Waals surface area contributed by atoms with Crippen molar-refractivity contribution in [3.8, 4) is 6.07 Å². The van der Waals surface area contributed by atoms with Crippen molar-refractivity contribution in [3.63, 3.8) is 0 Å². The van der Waals surface area contributed by atoms with Gasteiger partial charge in [-0.2, -0.15) is 13.7 Å². The molecule has 3 N–H and O–H groups in total. The maximum absolute atomic E-state index is 11.2. The Kier molecular flexibility index (Phi) is 3.59. The molecule has 0 radical (unpaired) electrons. The molecule has 1 aliphatic carbocycles. The molecule has 1 atom stereocenters. The summed E-state index contributed by atoms with van der Waals surface area (Å²) in [6.07, 6.45) is 7.35. The SMILES string of the molecule is N#CC1=C(NC2CCCC2)C=CNC1S(=O)(=O)O. The monoisotopic (exact) mass is 269 g/mol. The van der Waals surface area contributed by atoms with Crippen molar-refractivity contribution in [3.05, 3.63) is 23.5 Å². The van der Waals surface area contributed by atoms with Gasteiger partial charge in [0.05, 0.1) is 11.3 Å². The fraction of sp³-hybridized carbons (Fsp3) is 0.545.